The summed E-state index contributed by atoms with van der Waals surface area (Å²) in [4.78, 5) is 25.6. The van der Waals surface area contributed by atoms with Crippen LogP contribution in [-0.2, 0) is 11.3 Å². The first kappa shape index (κ1) is 23.7. The lowest BCUT2D eigenvalue weighted by molar-refractivity contribution is -0.121. The third kappa shape index (κ3) is 6.26. The molecule has 3 aromatic carbocycles. The van der Waals surface area contributed by atoms with Gasteiger partial charge >= 0.3 is 0 Å². The number of rotatable bonds is 10. The monoisotopic (exact) mass is 448 g/mol. The molecule has 0 saturated carbocycles. The van der Waals surface area contributed by atoms with Gasteiger partial charge in [0.15, 0.2) is 11.5 Å². The van der Waals surface area contributed by atoms with Crippen LogP contribution in [0.25, 0.3) is 0 Å². The van der Waals surface area contributed by atoms with E-state index >= 15 is 0 Å². The van der Waals surface area contributed by atoms with Crippen molar-refractivity contribution in [2.24, 2.45) is 0 Å². The average molecular weight is 449 g/mol. The van der Waals surface area contributed by atoms with E-state index in [0.717, 1.165) is 11.1 Å². The summed E-state index contributed by atoms with van der Waals surface area (Å²) in [6.07, 6.45) is 0.0815. The second-order valence-electron chi connectivity index (χ2n) is 7.30. The predicted molar refractivity (Wildman–Crippen MR) is 126 cm³/mol. The zero-order chi connectivity index (χ0) is 23.6. The lowest BCUT2D eigenvalue weighted by Gasteiger charge is -2.20. The standard InChI is InChI=1S/C26H28N2O5/c1-31-22-16-24(33-3)23(32-2)14-20(22)17-27-25(29)15-21(18-10-6-4-7-11-18)28-26(30)19-12-8-5-9-13-19/h4-14,16,21H,15,17H2,1-3H3,(H,27,29)(H,28,30). The number of carbonyl (C=O) groups excluding carboxylic acids is 2. The summed E-state index contributed by atoms with van der Waals surface area (Å²) in [5.41, 5.74) is 2.13. The average Bonchev–Trinajstić information content (AvgIpc) is 2.87. The summed E-state index contributed by atoms with van der Waals surface area (Å²) >= 11 is 0. The third-order valence-electron chi connectivity index (χ3n) is 5.20. The van der Waals surface area contributed by atoms with E-state index in [1.54, 1.807) is 57.7 Å². The lowest BCUT2D eigenvalue weighted by atomic mass is 10.0. The fraction of sp³-hybridized carbons (Fsp3) is 0.231. The minimum atomic E-state index is -0.480. The number of carbonyl (C=O) groups is 2. The molecule has 1 atom stereocenters. The van der Waals surface area contributed by atoms with Crippen molar-refractivity contribution < 1.29 is 23.8 Å². The van der Waals surface area contributed by atoms with Gasteiger partial charge in [-0.1, -0.05) is 48.5 Å². The molecule has 7 nitrogen and oxygen atoms in total. The highest BCUT2D eigenvalue weighted by atomic mass is 16.5. The minimum Gasteiger partial charge on any atom is -0.496 e. The lowest BCUT2D eigenvalue weighted by Crippen LogP contribution is -2.33. The number of hydrogen-bond donors (Lipinski definition) is 2. The van der Waals surface area contributed by atoms with Gasteiger partial charge in [-0.15, -0.1) is 0 Å². The number of nitrogens with one attached hydrogen (secondary N) is 2. The Morgan fingerprint density at radius 1 is 0.788 bits per heavy atom. The van der Waals surface area contributed by atoms with Crippen LogP contribution in [-0.4, -0.2) is 33.1 Å². The molecule has 3 rings (SSSR count). The first-order chi connectivity index (χ1) is 16.0. The van der Waals surface area contributed by atoms with E-state index in [1.807, 2.05) is 36.4 Å². The molecule has 0 bridgehead atoms. The second kappa shape index (κ2) is 11.6. The van der Waals surface area contributed by atoms with Gasteiger partial charge in [-0.05, 0) is 23.8 Å². The zero-order valence-electron chi connectivity index (χ0n) is 19.0. The quantitative estimate of drug-likeness (QED) is 0.492. The van der Waals surface area contributed by atoms with Crippen molar-refractivity contribution in [3.8, 4) is 17.2 Å². The highest BCUT2D eigenvalue weighted by molar-refractivity contribution is 5.94. The summed E-state index contributed by atoms with van der Waals surface area (Å²) in [5, 5.41) is 5.88. The van der Waals surface area contributed by atoms with Crippen LogP contribution in [0.15, 0.2) is 72.8 Å². The third-order valence-corrected chi connectivity index (χ3v) is 5.20. The molecule has 0 saturated heterocycles. The van der Waals surface area contributed by atoms with Gasteiger partial charge in [0, 0.05) is 23.7 Å². The van der Waals surface area contributed by atoms with Crippen LogP contribution in [0.5, 0.6) is 17.2 Å². The SMILES string of the molecule is COc1cc(OC)c(OC)cc1CNC(=O)CC(NC(=O)c1ccccc1)c1ccccc1. The van der Waals surface area contributed by atoms with Gasteiger partial charge < -0.3 is 24.8 Å². The first-order valence-electron chi connectivity index (χ1n) is 10.5. The molecule has 7 heteroatoms. The van der Waals surface area contributed by atoms with E-state index in [9.17, 15) is 9.59 Å². The summed E-state index contributed by atoms with van der Waals surface area (Å²) in [5.74, 6) is 1.20. The second-order valence-corrected chi connectivity index (χ2v) is 7.30. The van der Waals surface area contributed by atoms with Crippen molar-refractivity contribution in [1.29, 1.82) is 0 Å². The van der Waals surface area contributed by atoms with Crippen molar-refractivity contribution in [2.75, 3.05) is 21.3 Å². The van der Waals surface area contributed by atoms with Crippen molar-refractivity contribution >= 4 is 11.8 Å². The molecule has 0 fully saturated rings. The molecule has 0 aromatic heterocycles. The van der Waals surface area contributed by atoms with Gasteiger partial charge in [0.1, 0.15) is 5.75 Å². The van der Waals surface area contributed by atoms with Crippen LogP contribution in [0.1, 0.15) is 33.9 Å². The Balaban J connectivity index is 1.72. The molecule has 172 valence electrons. The molecule has 1 unspecified atom stereocenters. The van der Waals surface area contributed by atoms with E-state index in [1.165, 1.54) is 0 Å². The predicted octanol–water partition coefficient (Wildman–Crippen LogP) is 3.89. The van der Waals surface area contributed by atoms with Crippen molar-refractivity contribution in [3.05, 3.63) is 89.5 Å². The van der Waals surface area contributed by atoms with Crippen molar-refractivity contribution in [2.45, 2.75) is 19.0 Å². The molecule has 3 aromatic rings. The van der Waals surface area contributed by atoms with Crippen LogP contribution >= 0.6 is 0 Å². The molecular formula is C26H28N2O5. The molecule has 0 aliphatic carbocycles. The topological polar surface area (TPSA) is 85.9 Å². The Morgan fingerprint density at radius 2 is 1.36 bits per heavy atom. The molecular weight excluding hydrogens is 420 g/mol. The summed E-state index contributed by atoms with van der Waals surface area (Å²) in [7, 11) is 4.65. The molecule has 0 heterocycles. The zero-order valence-corrected chi connectivity index (χ0v) is 19.0. The summed E-state index contributed by atoms with van der Waals surface area (Å²) in [6.45, 7) is 0.233. The number of methoxy groups -OCH3 is 3. The highest BCUT2D eigenvalue weighted by Gasteiger charge is 2.20. The molecule has 2 amide bonds. The van der Waals surface area contributed by atoms with Gasteiger partial charge in [-0.3, -0.25) is 9.59 Å². The molecule has 0 aliphatic rings. The largest absolute Gasteiger partial charge is 0.496 e. The van der Waals surface area contributed by atoms with Crippen molar-refractivity contribution in [1.82, 2.24) is 10.6 Å². The van der Waals surface area contributed by atoms with Crippen LogP contribution in [0.3, 0.4) is 0 Å². The number of hydrogen-bond acceptors (Lipinski definition) is 5. The maximum Gasteiger partial charge on any atom is 0.251 e. The molecule has 33 heavy (non-hydrogen) atoms. The number of ether oxygens (including phenoxy) is 3. The Bertz CT molecular complexity index is 1070. The maximum atomic E-state index is 12.8. The van der Waals surface area contributed by atoms with E-state index < -0.39 is 6.04 Å². The van der Waals surface area contributed by atoms with Gasteiger partial charge in [-0.25, -0.2) is 0 Å². The van der Waals surface area contributed by atoms with E-state index in [0.29, 0.717) is 22.8 Å². The highest BCUT2D eigenvalue weighted by Crippen LogP contribution is 2.34. The first-order valence-corrected chi connectivity index (χ1v) is 10.5. The van der Waals surface area contributed by atoms with Crippen molar-refractivity contribution in [3.63, 3.8) is 0 Å². The Labute approximate surface area is 193 Å². The Kier molecular flexibility index (Phi) is 8.30. The van der Waals surface area contributed by atoms with Gasteiger partial charge in [0.25, 0.3) is 5.91 Å². The van der Waals surface area contributed by atoms with Crippen LogP contribution < -0.4 is 24.8 Å². The van der Waals surface area contributed by atoms with Gasteiger partial charge in [0.05, 0.1) is 33.8 Å². The molecule has 0 radical (unpaired) electrons. The normalized spacial score (nSPS) is 11.2. The van der Waals surface area contributed by atoms with E-state index in [4.69, 9.17) is 14.2 Å². The summed E-state index contributed by atoms with van der Waals surface area (Å²) < 4.78 is 16.1. The summed E-state index contributed by atoms with van der Waals surface area (Å²) in [6, 6.07) is 21.4. The van der Waals surface area contributed by atoms with Gasteiger partial charge in [-0.2, -0.15) is 0 Å². The maximum absolute atomic E-state index is 12.8. The Morgan fingerprint density at radius 3 is 1.97 bits per heavy atom. The molecule has 2 N–H and O–H groups in total. The van der Waals surface area contributed by atoms with Crippen LogP contribution in [0.2, 0.25) is 0 Å². The smallest absolute Gasteiger partial charge is 0.251 e. The Hall–Kier alpha value is -4.00. The minimum absolute atomic E-state index is 0.0815. The number of benzene rings is 3. The fourth-order valence-corrected chi connectivity index (χ4v) is 3.45. The van der Waals surface area contributed by atoms with Crippen LogP contribution in [0.4, 0.5) is 0 Å². The van der Waals surface area contributed by atoms with Crippen LogP contribution in [0, 0.1) is 0 Å². The van der Waals surface area contributed by atoms with E-state index in [2.05, 4.69) is 10.6 Å². The molecule has 0 aliphatic heterocycles. The number of amides is 2. The molecule has 0 spiro atoms. The van der Waals surface area contributed by atoms with E-state index in [-0.39, 0.29) is 24.8 Å². The fourth-order valence-electron chi connectivity index (χ4n) is 3.45. The van der Waals surface area contributed by atoms with Gasteiger partial charge in [0.2, 0.25) is 5.91 Å².